The maximum absolute atomic E-state index is 13.3. The molecule has 1 aromatic carbocycles. The molecular formula is C24H27N3O4. The van der Waals surface area contributed by atoms with Gasteiger partial charge < -0.3 is 20.8 Å². The molecule has 162 valence electrons. The number of allylic oxidation sites excluding steroid dienone is 3. The summed E-state index contributed by atoms with van der Waals surface area (Å²) in [6.45, 7) is 3.01. The molecule has 1 aromatic rings. The van der Waals surface area contributed by atoms with Crippen LogP contribution in [0.25, 0.3) is 0 Å². The van der Waals surface area contributed by atoms with Crippen LogP contribution in [-0.2, 0) is 16.1 Å². The molecular weight excluding hydrogens is 394 g/mol. The number of likely N-dealkylation sites (tertiary alicyclic amines) is 1. The van der Waals surface area contributed by atoms with Gasteiger partial charge in [-0.25, -0.2) is 4.79 Å². The number of hydrogen-bond donors (Lipinski definition) is 3. The number of carboxylic acids is 1. The maximum atomic E-state index is 13.3. The Balaban J connectivity index is 1.51. The first-order valence-electron chi connectivity index (χ1n) is 10.6. The van der Waals surface area contributed by atoms with Gasteiger partial charge in [0.15, 0.2) is 0 Å². The maximum Gasteiger partial charge on any atom is 0.341 e. The fraction of sp³-hybridized carbons (Fsp3) is 0.375. The van der Waals surface area contributed by atoms with Crippen molar-refractivity contribution >= 4 is 17.6 Å². The third kappa shape index (κ3) is 3.98. The van der Waals surface area contributed by atoms with E-state index in [2.05, 4.69) is 17.1 Å². The minimum atomic E-state index is -2.10. The van der Waals surface area contributed by atoms with Gasteiger partial charge in [0.1, 0.15) is 0 Å². The smallest absolute Gasteiger partial charge is 0.341 e. The van der Waals surface area contributed by atoms with Crippen LogP contribution in [-0.4, -0.2) is 51.4 Å². The highest BCUT2D eigenvalue weighted by molar-refractivity contribution is 6.15. The molecule has 0 spiro atoms. The van der Waals surface area contributed by atoms with Gasteiger partial charge in [-0.2, -0.15) is 0 Å². The van der Waals surface area contributed by atoms with E-state index in [4.69, 9.17) is 5.73 Å². The molecule has 1 amide bonds. The molecule has 1 saturated heterocycles. The van der Waals surface area contributed by atoms with E-state index in [0.717, 1.165) is 18.4 Å². The Morgan fingerprint density at radius 1 is 1.29 bits per heavy atom. The molecule has 1 aliphatic carbocycles. The van der Waals surface area contributed by atoms with Crippen molar-refractivity contribution in [1.29, 1.82) is 0 Å². The number of piperidine rings is 1. The number of aliphatic carboxylic acids is 1. The number of benzene rings is 1. The van der Waals surface area contributed by atoms with Crippen molar-refractivity contribution in [2.45, 2.75) is 44.2 Å². The van der Waals surface area contributed by atoms with E-state index < -0.39 is 11.6 Å². The molecule has 2 aliphatic heterocycles. The van der Waals surface area contributed by atoms with Crippen molar-refractivity contribution in [2.75, 3.05) is 13.1 Å². The highest BCUT2D eigenvalue weighted by Gasteiger charge is 2.39. The summed E-state index contributed by atoms with van der Waals surface area (Å²) < 4.78 is 0. The van der Waals surface area contributed by atoms with E-state index in [-0.39, 0.29) is 11.6 Å². The van der Waals surface area contributed by atoms with Crippen LogP contribution in [0.2, 0.25) is 0 Å². The Kier molecular flexibility index (Phi) is 5.64. The highest BCUT2D eigenvalue weighted by Crippen LogP contribution is 2.34. The number of fused-ring (bicyclic) bond motifs is 1. The number of aliphatic imine (C=N–C) groups is 1. The number of carbonyl (C=O) groups is 2. The molecule has 2 heterocycles. The van der Waals surface area contributed by atoms with E-state index in [1.165, 1.54) is 18.6 Å². The number of amides is 1. The van der Waals surface area contributed by atoms with Crippen LogP contribution < -0.4 is 5.73 Å². The summed E-state index contributed by atoms with van der Waals surface area (Å²) in [6, 6.07) is 8.33. The number of carboxylic acid groups (broad SMARTS) is 1. The van der Waals surface area contributed by atoms with Gasteiger partial charge in [0.05, 0.1) is 11.4 Å². The van der Waals surface area contributed by atoms with Crippen molar-refractivity contribution in [1.82, 2.24) is 4.90 Å². The van der Waals surface area contributed by atoms with Crippen LogP contribution in [0.3, 0.4) is 0 Å². The molecule has 7 nitrogen and oxygen atoms in total. The van der Waals surface area contributed by atoms with Crippen molar-refractivity contribution < 1.29 is 19.8 Å². The molecule has 3 aliphatic rings. The number of nitrogens with two attached hydrogens (primary N) is 1. The zero-order valence-electron chi connectivity index (χ0n) is 17.5. The third-order valence-electron chi connectivity index (χ3n) is 6.32. The second-order valence-electron chi connectivity index (χ2n) is 8.41. The minimum Gasteiger partial charge on any atom is -0.479 e. The number of carbonyl (C=O) groups excluding carboxylic acids is 1. The summed E-state index contributed by atoms with van der Waals surface area (Å²) in [5, 5.41) is 19.6. The summed E-state index contributed by atoms with van der Waals surface area (Å²) in [5.74, 6) is -1.06. The van der Waals surface area contributed by atoms with Gasteiger partial charge in [0.25, 0.3) is 5.91 Å². The topological polar surface area (TPSA) is 116 Å². The van der Waals surface area contributed by atoms with Crippen molar-refractivity contribution in [3.8, 4) is 0 Å². The molecule has 0 saturated carbocycles. The zero-order valence-corrected chi connectivity index (χ0v) is 17.5. The van der Waals surface area contributed by atoms with Crippen LogP contribution in [0, 0.1) is 0 Å². The zero-order chi connectivity index (χ0) is 22.2. The van der Waals surface area contributed by atoms with E-state index in [1.54, 1.807) is 6.08 Å². The Labute approximate surface area is 181 Å². The Morgan fingerprint density at radius 3 is 2.71 bits per heavy atom. The minimum absolute atomic E-state index is 0.0532. The number of nitrogens with zero attached hydrogens (tertiary/aromatic N) is 2. The van der Waals surface area contributed by atoms with Gasteiger partial charge >= 0.3 is 5.97 Å². The Morgan fingerprint density at radius 2 is 2.03 bits per heavy atom. The lowest BCUT2D eigenvalue weighted by Gasteiger charge is -2.33. The molecule has 31 heavy (non-hydrogen) atoms. The lowest BCUT2D eigenvalue weighted by Crippen LogP contribution is -2.39. The third-order valence-corrected chi connectivity index (χ3v) is 6.32. The summed E-state index contributed by atoms with van der Waals surface area (Å²) in [7, 11) is 0. The predicted molar refractivity (Wildman–Crippen MR) is 117 cm³/mol. The van der Waals surface area contributed by atoms with Crippen LogP contribution in [0.1, 0.15) is 43.2 Å². The van der Waals surface area contributed by atoms with Gasteiger partial charge in [0.2, 0.25) is 5.60 Å². The van der Waals surface area contributed by atoms with Crippen LogP contribution in [0.15, 0.2) is 64.3 Å². The molecule has 0 radical (unpaired) electrons. The van der Waals surface area contributed by atoms with Gasteiger partial charge in [-0.15, -0.1) is 0 Å². The van der Waals surface area contributed by atoms with Crippen molar-refractivity contribution in [3.63, 3.8) is 0 Å². The fourth-order valence-corrected chi connectivity index (χ4v) is 4.33. The summed E-state index contributed by atoms with van der Waals surface area (Å²) in [4.78, 5) is 30.8. The molecule has 4 N–H and O–H groups in total. The second-order valence-corrected chi connectivity index (χ2v) is 8.41. The van der Waals surface area contributed by atoms with E-state index in [0.29, 0.717) is 48.8 Å². The Hall–Kier alpha value is -3.03. The fourth-order valence-electron chi connectivity index (χ4n) is 4.33. The molecule has 4 rings (SSSR count). The monoisotopic (exact) mass is 421 g/mol. The quantitative estimate of drug-likeness (QED) is 0.674. The largest absolute Gasteiger partial charge is 0.479 e. The van der Waals surface area contributed by atoms with E-state index in [1.807, 2.05) is 23.1 Å². The SMILES string of the molecule is C[C@](O)(C(=O)O)C1=CC2=C(C(=O)N3CCC(c4cccc(CN)c4)CC3)C=CCC2=N1. The number of aliphatic hydroxyl groups is 1. The van der Waals surface area contributed by atoms with Crippen LogP contribution in [0.4, 0.5) is 0 Å². The number of hydrogen-bond acceptors (Lipinski definition) is 5. The summed E-state index contributed by atoms with van der Waals surface area (Å²) in [5.41, 5.74) is 7.84. The summed E-state index contributed by atoms with van der Waals surface area (Å²) in [6.07, 6.45) is 7.42. The van der Waals surface area contributed by atoms with Gasteiger partial charge in [-0.1, -0.05) is 36.4 Å². The molecule has 0 bridgehead atoms. The van der Waals surface area contributed by atoms with Crippen LogP contribution in [0.5, 0.6) is 0 Å². The lowest BCUT2D eigenvalue weighted by molar-refractivity contribution is -0.152. The average molecular weight is 421 g/mol. The number of rotatable bonds is 5. The predicted octanol–water partition coefficient (Wildman–Crippen LogP) is 2.28. The average Bonchev–Trinajstić information content (AvgIpc) is 3.24. The van der Waals surface area contributed by atoms with Crippen LogP contribution >= 0.6 is 0 Å². The first-order chi connectivity index (χ1) is 14.8. The van der Waals surface area contributed by atoms with Crippen molar-refractivity contribution in [2.24, 2.45) is 10.7 Å². The molecule has 0 aromatic heterocycles. The van der Waals surface area contributed by atoms with E-state index in [9.17, 15) is 19.8 Å². The lowest BCUT2D eigenvalue weighted by atomic mass is 9.87. The van der Waals surface area contributed by atoms with E-state index >= 15 is 0 Å². The first-order valence-corrected chi connectivity index (χ1v) is 10.6. The van der Waals surface area contributed by atoms with Crippen molar-refractivity contribution in [3.05, 3.63) is 70.5 Å². The second kappa shape index (κ2) is 8.24. The Bertz CT molecular complexity index is 1040. The van der Waals surface area contributed by atoms with Gasteiger partial charge in [0, 0.05) is 37.2 Å². The summed E-state index contributed by atoms with van der Waals surface area (Å²) >= 11 is 0. The van der Waals surface area contributed by atoms with Gasteiger partial charge in [-0.05, 0) is 42.9 Å². The molecule has 1 atom stereocenters. The molecule has 0 unspecified atom stereocenters. The molecule has 7 heteroatoms. The van der Waals surface area contributed by atoms with Gasteiger partial charge in [-0.3, -0.25) is 9.79 Å². The molecule has 1 fully saturated rings. The first kappa shape index (κ1) is 21.2. The standard InChI is InChI=1S/C24H27N3O4/c1-24(31,23(29)30)21-13-19-18(6-3-7-20(19)26-21)22(28)27-10-8-16(9-11-27)17-5-2-4-15(12-17)14-25/h2-6,12-13,16,31H,7-11,14,25H2,1H3,(H,29,30)/t24-/m1/s1. The normalized spacial score (nSPS) is 20.8. The highest BCUT2D eigenvalue weighted by atomic mass is 16.4.